The molecular weight excluding hydrogens is 382 g/mol. The Morgan fingerprint density at radius 2 is 2.03 bits per heavy atom. The number of hydrogen-bond acceptors (Lipinski definition) is 5. The fraction of sp³-hybridized carbons (Fsp3) is 0.304. The lowest BCUT2D eigenvalue weighted by Crippen LogP contribution is -2.30. The number of rotatable bonds is 6. The predicted molar refractivity (Wildman–Crippen MR) is 112 cm³/mol. The van der Waals surface area contributed by atoms with Crippen molar-refractivity contribution in [2.75, 3.05) is 13.2 Å². The van der Waals surface area contributed by atoms with E-state index in [1.165, 1.54) is 17.2 Å². The van der Waals surface area contributed by atoms with Gasteiger partial charge in [-0.15, -0.1) is 0 Å². The zero-order valence-corrected chi connectivity index (χ0v) is 16.8. The van der Waals surface area contributed by atoms with Crippen molar-refractivity contribution in [3.8, 4) is 0 Å². The maximum absolute atomic E-state index is 12.5. The number of nitrogens with zero attached hydrogens (tertiary/aromatic N) is 2. The molecule has 1 aromatic heterocycles. The third-order valence-electron chi connectivity index (χ3n) is 5.36. The normalized spacial score (nSPS) is 12.6. The lowest BCUT2D eigenvalue weighted by molar-refractivity contribution is -0.124. The zero-order chi connectivity index (χ0) is 21.1. The molecule has 0 spiro atoms. The van der Waals surface area contributed by atoms with E-state index >= 15 is 0 Å². The molecule has 1 amide bonds. The van der Waals surface area contributed by atoms with Gasteiger partial charge in [0.05, 0.1) is 16.5 Å². The maximum atomic E-state index is 12.5. The van der Waals surface area contributed by atoms with E-state index in [0.29, 0.717) is 30.4 Å². The molecule has 7 heteroatoms. The van der Waals surface area contributed by atoms with Crippen LogP contribution in [0.1, 0.15) is 33.7 Å². The van der Waals surface area contributed by atoms with Crippen molar-refractivity contribution in [2.24, 2.45) is 0 Å². The maximum Gasteiger partial charge on any atom is 0.338 e. The van der Waals surface area contributed by atoms with E-state index in [-0.39, 0.29) is 23.6 Å². The molecule has 1 aliphatic rings. The highest BCUT2D eigenvalue weighted by atomic mass is 16.5. The van der Waals surface area contributed by atoms with E-state index in [4.69, 9.17) is 4.74 Å². The van der Waals surface area contributed by atoms with Crippen LogP contribution in [0, 0.1) is 6.92 Å². The van der Waals surface area contributed by atoms with Gasteiger partial charge in [0.15, 0.2) is 6.61 Å². The predicted octanol–water partition coefficient (Wildman–Crippen LogP) is 2.17. The number of amides is 1. The van der Waals surface area contributed by atoms with Crippen molar-refractivity contribution >= 4 is 22.8 Å². The molecule has 0 fully saturated rings. The van der Waals surface area contributed by atoms with Crippen molar-refractivity contribution in [3.05, 3.63) is 75.3 Å². The zero-order valence-electron chi connectivity index (χ0n) is 16.8. The molecule has 2 heterocycles. The van der Waals surface area contributed by atoms with Crippen molar-refractivity contribution in [2.45, 2.75) is 32.7 Å². The Bertz CT molecular complexity index is 1180. The van der Waals surface area contributed by atoms with Crippen LogP contribution in [0.3, 0.4) is 0 Å². The van der Waals surface area contributed by atoms with Gasteiger partial charge in [-0.3, -0.25) is 14.2 Å². The highest BCUT2D eigenvalue weighted by molar-refractivity contribution is 5.95. The number of carbonyl (C=O) groups is 2. The minimum atomic E-state index is -0.617. The molecule has 154 valence electrons. The van der Waals surface area contributed by atoms with Gasteiger partial charge < -0.3 is 10.1 Å². The third kappa shape index (κ3) is 4.10. The molecule has 1 N–H and O–H groups in total. The second-order valence-electron chi connectivity index (χ2n) is 7.42. The summed E-state index contributed by atoms with van der Waals surface area (Å²) in [6.45, 7) is 2.82. The van der Waals surface area contributed by atoms with E-state index < -0.39 is 5.97 Å². The molecular formula is C23H23N3O4. The molecule has 4 rings (SSSR count). The summed E-state index contributed by atoms with van der Waals surface area (Å²) in [6, 6.07) is 12.7. The van der Waals surface area contributed by atoms with Crippen LogP contribution in [-0.2, 0) is 28.9 Å². The first kappa shape index (κ1) is 19.8. The number of fused-ring (bicyclic) bond motifs is 2. The van der Waals surface area contributed by atoms with Gasteiger partial charge in [0.2, 0.25) is 0 Å². The number of aryl methyl sites for hydroxylation is 2. The van der Waals surface area contributed by atoms with Gasteiger partial charge >= 0.3 is 5.97 Å². The Hall–Kier alpha value is -3.48. The van der Waals surface area contributed by atoms with E-state index in [1.807, 2.05) is 31.2 Å². The van der Waals surface area contributed by atoms with Crippen molar-refractivity contribution < 1.29 is 14.3 Å². The highest BCUT2D eigenvalue weighted by Crippen LogP contribution is 2.16. The lowest BCUT2D eigenvalue weighted by Gasteiger charge is -2.09. The number of nitrogens with one attached hydrogen (secondary N) is 1. The number of ether oxygens (including phenoxy) is 1. The average molecular weight is 405 g/mol. The second-order valence-corrected chi connectivity index (χ2v) is 7.42. The molecule has 0 radical (unpaired) electrons. The first-order valence-corrected chi connectivity index (χ1v) is 10.0. The second kappa shape index (κ2) is 8.49. The summed E-state index contributed by atoms with van der Waals surface area (Å²) in [5.41, 5.74) is 3.00. The Labute approximate surface area is 173 Å². The smallest absolute Gasteiger partial charge is 0.338 e. The van der Waals surface area contributed by atoms with Crippen LogP contribution in [-0.4, -0.2) is 34.6 Å². The number of benzene rings is 2. The summed E-state index contributed by atoms with van der Waals surface area (Å²) in [5, 5.41) is 3.24. The van der Waals surface area contributed by atoms with Gasteiger partial charge in [0.25, 0.3) is 11.5 Å². The standard InChI is InChI=1S/C23H23N3O4/c1-15-5-2-3-6-16(15)10-11-24-21(27)14-30-23(29)17-8-9-18-19(13-17)25-20-7-4-12-26(20)22(18)28/h2-3,5-6,8-9,13H,4,7,10-12,14H2,1H3,(H,24,27). The molecule has 0 atom stereocenters. The molecule has 30 heavy (non-hydrogen) atoms. The van der Waals surface area contributed by atoms with Crippen LogP contribution < -0.4 is 10.9 Å². The van der Waals surface area contributed by atoms with Crippen molar-refractivity contribution in [3.63, 3.8) is 0 Å². The molecule has 0 saturated carbocycles. The highest BCUT2D eigenvalue weighted by Gasteiger charge is 2.18. The summed E-state index contributed by atoms with van der Waals surface area (Å²) in [5.74, 6) is -0.230. The fourth-order valence-electron chi connectivity index (χ4n) is 3.70. The van der Waals surface area contributed by atoms with Crippen LogP contribution in [0.4, 0.5) is 0 Å². The van der Waals surface area contributed by atoms with Gasteiger partial charge in [-0.1, -0.05) is 24.3 Å². The SMILES string of the molecule is Cc1ccccc1CCNC(=O)COC(=O)c1ccc2c(=O)n3c(nc2c1)CCC3. The molecule has 7 nitrogen and oxygen atoms in total. The minimum absolute atomic E-state index is 0.0829. The van der Waals surface area contributed by atoms with E-state index in [0.717, 1.165) is 18.7 Å². The molecule has 0 saturated heterocycles. The van der Waals surface area contributed by atoms with Gasteiger partial charge in [-0.25, -0.2) is 9.78 Å². The number of aromatic nitrogens is 2. The number of esters is 1. The van der Waals surface area contributed by atoms with E-state index in [9.17, 15) is 14.4 Å². The average Bonchev–Trinajstić information content (AvgIpc) is 3.22. The lowest BCUT2D eigenvalue weighted by atomic mass is 10.1. The van der Waals surface area contributed by atoms with Crippen LogP contribution in [0.5, 0.6) is 0 Å². The van der Waals surface area contributed by atoms with E-state index in [2.05, 4.69) is 10.3 Å². The Kier molecular flexibility index (Phi) is 5.61. The van der Waals surface area contributed by atoms with Crippen LogP contribution in [0.2, 0.25) is 0 Å². The van der Waals surface area contributed by atoms with Crippen LogP contribution in [0.25, 0.3) is 10.9 Å². The minimum Gasteiger partial charge on any atom is -0.452 e. The Morgan fingerprint density at radius 1 is 1.20 bits per heavy atom. The Balaban J connectivity index is 1.34. The van der Waals surface area contributed by atoms with Crippen LogP contribution in [0.15, 0.2) is 47.3 Å². The third-order valence-corrected chi connectivity index (χ3v) is 5.36. The largest absolute Gasteiger partial charge is 0.452 e. The van der Waals surface area contributed by atoms with Gasteiger partial charge in [-0.05, 0) is 49.1 Å². The molecule has 2 aromatic carbocycles. The summed E-state index contributed by atoms with van der Waals surface area (Å²) in [6.07, 6.45) is 2.36. The monoisotopic (exact) mass is 405 g/mol. The van der Waals surface area contributed by atoms with Gasteiger partial charge in [0.1, 0.15) is 5.82 Å². The van der Waals surface area contributed by atoms with Gasteiger partial charge in [0, 0.05) is 19.5 Å². The van der Waals surface area contributed by atoms with Crippen molar-refractivity contribution in [1.82, 2.24) is 14.9 Å². The van der Waals surface area contributed by atoms with Crippen molar-refractivity contribution in [1.29, 1.82) is 0 Å². The molecule has 1 aliphatic heterocycles. The number of hydrogen-bond donors (Lipinski definition) is 1. The molecule has 0 aliphatic carbocycles. The fourth-order valence-corrected chi connectivity index (χ4v) is 3.70. The molecule has 0 bridgehead atoms. The molecule has 3 aromatic rings. The van der Waals surface area contributed by atoms with E-state index in [1.54, 1.807) is 16.7 Å². The first-order chi connectivity index (χ1) is 14.5. The molecule has 0 unspecified atom stereocenters. The summed E-state index contributed by atoms with van der Waals surface area (Å²) in [4.78, 5) is 41.3. The Morgan fingerprint density at radius 3 is 2.87 bits per heavy atom. The topological polar surface area (TPSA) is 90.3 Å². The number of carbonyl (C=O) groups excluding carboxylic acids is 2. The first-order valence-electron chi connectivity index (χ1n) is 10.0. The summed E-state index contributed by atoms with van der Waals surface area (Å²) < 4.78 is 6.81. The van der Waals surface area contributed by atoms with Crippen LogP contribution >= 0.6 is 0 Å². The summed E-state index contributed by atoms with van der Waals surface area (Å²) >= 11 is 0. The quantitative estimate of drug-likeness (QED) is 0.635. The summed E-state index contributed by atoms with van der Waals surface area (Å²) in [7, 11) is 0. The van der Waals surface area contributed by atoms with Gasteiger partial charge in [-0.2, -0.15) is 0 Å².